The zero-order valence-electron chi connectivity index (χ0n) is 10.7. The molecule has 2 heterocycles. The van der Waals surface area contributed by atoms with Gasteiger partial charge < -0.3 is 20.1 Å². The Bertz CT molecular complexity index is 687. The molecule has 0 aliphatic carbocycles. The van der Waals surface area contributed by atoms with Crippen LogP contribution in [0.5, 0.6) is 0 Å². The van der Waals surface area contributed by atoms with Gasteiger partial charge in [-0.15, -0.1) is 0 Å². The van der Waals surface area contributed by atoms with Crippen molar-refractivity contribution in [2.24, 2.45) is 0 Å². The largest absolute Gasteiger partial charge is 0.394 e. The average molecular weight is 295 g/mol. The zero-order chi connectivity index (χ0) is 15.1. The Hall–Kier alpha value is -2.07. The average Bonchev–Trinajstić information content (AvgIpc) is 3.00. The van der Waals surface area contributed by atoms with E-state index in [0.717, 1.165) is 0 Å². The summed E-state index contributed by atoms with van der Waals surface area (Å²) >= 11 is 0. The van der Waals surface area contributed by atoms with Crippen molar-refractivity contribution in [3.05, 3.63) is 34.5 Å². The fourth-order valence-electron chi connectivity index (χ4n) is 2.37. The number of ether oxygens (including phenoxy) is 1. The van der Waals surface area contributed by atoms with Gasteiger partial charge in [-0.1, -0.05) is 0 Å². The lowest BCUT2D eigenvalue weighted by atomic mass is 10.1. The standard InChI is InChI=1S/C12H13N3O6/c16-5-9-10(17)11(18)12(21-9)14-4-6-1-2-7(15(19)20)3-8(6)13-14/h1-4,9-12,16-18H,5H2/t9-,10+,11-,12+/m0/s1. The van der Waals surface area contributed by atoms with Crippen LogP contribution in [-0.4, -0.2) is 54.9 Å². The van der Waals surface area contributed by atoms with Crippen LogP contribution in [0, 0.1) is 10.1 Å². The first-order valence-corrected chi connectivity index (χ1v) is 6.27. The van der Waals surface area contributed by atoms with E-state index in [1.54, 1.807) is 6.20 Å². The third-order valence-electron chi connectivity index (χ3n) is 3.50. The van der Waals surface area contributed by atoms with Gasteiger partial charge in [-0.3, -0.25) is 10.1 Å². The number of aromatic nitrogens is 2. The Morgan fingerprint density at radius 1 is 1.38 bits per heavy atom. The first-order valence-electron chi connectivity index (χ1n) is 6.27. The highest BCUT2D eigenvalue weighted by Gasteiger charge is 2.43. The third-order valence-corrected chi connectivity index (χ3v) is 3.50. The maximum Gasteiger partial charge on any atom is 0.271 e. The van der Waals surface area contributed by atoms with Crippen molar-refractivity contribution < 1.29 is 25.0 Å². The normalized spacial score (nSPS) is 29.1. The molecule has 0 saturated carbocycles. The van der Waals surface area contributed by atoms with Gasteiger partial charge in [0, 0.05) is 23.7 Å². The zero-order valence-corrected chi connectivity index (χ0v) is 10.7. The molecule has 0 radical (unpaired) electrons. The van der Waals surface area contributed by atoms with Crippen LogP contribution in [-0.2, 0) is 4.74 Å². The van der Waals surface area contributed by atoms with Gasteiger partial charge in [-0.05, 0) is 6.07 Å². The molecule has 1 aromatic heterocycles. The summed E-state index contributed by atoms with van der Waals surface area (Å²) in [6.07, 6.45) is -2.76. The molecular weight excluding hydrogens is 282 g/mol. The van der Waals surface area contributed by atoms with Crippen LogP contribution < -0.4 is 0 Å². The molecule has 3 N–H and O–H groups in total. The number of fused-ring (bicyclic) bond motifs is 1. The summed E-state index contributed by atoms with van der Waals surface area (Å²) in [5.41, 5.74) is 0.288. The van der Waals surface area contributed by atoms with E-state index in [1.807, 2.05) is 0 Å². The van der Waals surface area contributed by atoms with Gasteiger partial charge in [0.2, 0.25) is 0 Å². The molecule has 1 aliphatic heterocycles. The molecule has 2 aromatic rings. The monoisotopic (exact) mass is 295 g/mol. The van der Waals surface area contributed by atoms with E-state index < -0.39 is 36.1 Å². The molecule has 1 aliphatic rings. The Labute approximate surface area is 118 Å². The second-order valence-corrected chi connectivity index (χ2v) is 4.84. The minimum absolute atomic E-state index is 0.0890. The van der Waals surface area contributed by atoms with Crippen molar-refractivity contribution in [2.45, 2.75) is 24.5 Å². The number of benzene rings is 1. The quantitative estimate of drug-likeness (QED) is 0.516. The van der Waals surface area contributed by atoms with Crippen LogP contribution in [0.1, 0.15) is 6.23 Å². The predicted octanol–water partition coefficient (Wildman–Crippen LogP) is -0.444. The molecule has 1 fully saturated rings. The molecule has 0 spiro atoms. The lowest BCUT2D eigenvalue weighted by molar-refractivity contribution is -0.384. The summed E-state index contributed by atoms with van der Waals surface area (Å²) < 4.78 is 6.63. The first-order chi connectivity index (χ1) is 10.0. The van der Waals surface area contributed by atoms with Crippen LogP contribution in [0.25, 0.3) is 10.9 Å². The smallest absolute Gasteiger partial charge is 0.271 e. The van der Waals surface area contributed by atoms with E-state index in [1.165, 1.54) is 22.9 Å². The molecule has 0 unspecified atom stereocenters. The van der Waals surface area contributed by atoms with Crippen LogP contribution >= 0.6 is 0 Å². The second kappa shape index (κ2) is 5.04. The van der Waals surface area contributed by atoms with E-state index in [9.17, 15) is 20.3 Å². The van der Waals surface area contributed by atoms with Crippen LogP contribution in [0.2, 0.25) is 0 Å². The summed E-state index contributed by atoms with van der Waals surface area (Å²) in [5.74, 6) is 0. The summed E-state index contributed by atoms with van der Waals surface area (Å²) in [5, 5.41) is 44.2. The highest BCUT2D eigenvalue weighted by Crippen LogP contribution is 2.30. The molecule has 112 valence electrons. The van der Waals surface area contributed by atoms with Gasteiger partial charge in [0.15, 0.2) is 6.23 Å². The maximum atomic E-state index is 10.7. The van der Waals surface area contributed by atoms with E-state index in [-0.39, 0.29) is 5.69 Å². The van der Waals surface area contributed by atoms with Gasteiger partial charge in [-0.25, -0.2) is 4.68 Å². The molecule has 3 rings (SSSR count). The topological polar surface area (TPSA) is 131 Å². The van der Waals surface area contributed by atoms with E-state index >= 15 is 0 Å². The van der Waals surface area contributed by atoms with Crippen molar-refractivity contribution in [1.29, 1.82) is 0 Å². The number of hydrogen-bond acceptors (Lipinski definition) is 7. The van der Waals surface area contributed by atoms with Crippen LogP contribution in [0.4, 0.5) is 5.69 Å². The molecule has 9 heteroatoms. The maximum absolute atomic E-state index is 10.7. The highest BCUT2D eigenvalue weighted by atomic mass is 16.6. The molecule has 21 heavy (non-hydrogen) atoms. The summed E-state index contributed by atoms with van der Waals surface area (Å²) in [6.45, 7) is -0.430. The van der Waals surface area contributed by atoms with Gasteiger partial charge in [0.05, 0.1) is 17.0 Å². The third kappa shape index (κ3) is 2.25. The number of aliphatic hydroxyl groups excluding tert-OH is 3. The number of rotatable bonds is 3. The molecule has 1 aromatic carbocycles. The number of aliphatic hydroxyl groups is 3. The number of nitro groups is 1. The number of hydrogen-bond donors (Lipinski definition) is 3. The van der Waals surface area contributed by atoms with Gasteiger partial charge >= 0.3 is 0 Å². The van der Waals surface area contributed by atoms with Gasteiger partial charge in [0.1, 0.15) is 18.3 Å². The van der Waals surface area contributed by atoms with Crippen molar-refractivity contribution >= 4 is 16.6 Å². The Morgan fingerprint density at radius 3 is 2.76 bits per heavy atom. The molecule has 4 atom stereocenters. The SMILES string of the molecule is O=[N+]([O-])c1ccc2cn([C@@H]3O[C@@H](CO)[C@@H](O)[C@@H]3O)nc2c1. The number of nitro benzene ring substituents is 1. The van der Waals surface area contributed by atoms with E-state index in [4.69, 9.17) is 9.84 Å². The minimum Gasteiger partial charge on any atom is -0.394 e. The van der Waals surface area contributed by atoms with Crippen molar-refractivity contribution in [3.63, 3.8) is 0 Å². The van der Waals surface area contributed by atoms with Crippen molar-refractivity contribution in [1.82, 2.24) is 9.78 Å². The van der Waals surface area contributed by atoms with Crippen LogP contribution in [0.15, 0.2) is 24.4 Å². The summed E-state index contributed by atoms with van der Waals surface area (Å²) in [7, 11) is 0. The number of non-ortho nitro benzene ring substituents is 1. The van der Waals surface area contributed by atoms with Gasteiger partial charge in [0.25, 0.3) is 5.69 Å². The van der Waals surface area contributed by atoms with E-state index in [0.29, 0.717) is 10.9 Å². The Kier molecular flexibility index (Phi) is 3.33. The lowest BCUT2D eigenvalue weighted by Gasteiger charge is -2.14. The molecule has 9 nitrogen and oxygen atoms in total. The molecule has 1 saturated heterocycles. The minimum atomic E-state index is -1.24. The molecule has 0 amide bonds. The fraction of sp³-hybridized carbons (Fsp3) is 0.417. The highest BCUT2D eigenvalue weighted by molar-refractivity contribution is 5.80. The summed E-state index contributed by atoms with van der Waals surface area (Å²) in [6, 6.07) is 4.21. The van der Waals surface area contributed by atoms with Crippen LogP contribution in [0.3, 0.4) is 0 Å². The molecular formula is C12H13N3O6. The fourth-order valence-corrected chi connectivity index (χ4v) is 2.37. The number of nitrogens with zero attached hydrogens (tertiary/aromatic N) is 3. The summed E-state index contributed by atoms with van der Waals surface area (Å²) in [4.78, 5) is 10.2. The Balaban J connectivity index is 1.96. The van der Waals surface area contributed by atoms with Crippen molar-refractivity contribution in [2.75, 3.05) is 6.61 Å². The first kappa shape index (κ1) is 13.9. The van der Waals surface area contributed by atoms with E-state index in [2.05, 4.69) is 5.10 Å². The van der Waals surface area contributed by atoms with Gasteiger partial charge in [-0.2, -0.15) is 5.10 Å². The van der Waals surface area contributed by atoms with Crippen molar-refractivity contribution in [3.8, 4) is 0 Å². The second-order valence-electron chi connectivity index (χ2n) is 4.84. The predicted molar refractivity (Wildman–Crippen MR) is 69.4 cm³/mol. The molecule has 0 bridgehead atoms. The lowest BCUT2D eigenvalue weighted by Crippen LogP contribution is -2.33. The Morgan fingerprint density at radius 2 is 2.14 bits per heavy atom.